The first-order valence-corrected chi connectivity index (χ1v) is 7.04. The predicted molar refractivity (Wildman–Crippen MR) is 83.0 cm³/mol. The zero-order valence-electron chi connectivity index (χ0n) is 11.0. The maximum Gasteiger partial charge on any atom is 0.249 e. The van der Waals surface area contributed by atoms with Gasteiger partial charge in [-0.2, -0.15) is 0 Å². The molecule has 0 saturated carbocycles. The van der Waals surface area contributed by atoms with E-state index in [1.165, 1.54) is 18.1 Å². The molecule has 0 radical (unpaired) electrons. The number of carbonyl (C=O) groups is 1. The summed E-state index contributed by atoms with van der Waals surface area (Å²) in [5.74, 6) is -0.490. The van der Waals surface area contributed by atoms with Crippen LogP contribution in [0, 0.1) is 0 Å². The highest BCUT2D eigenvalue weighted by Crippen LogP contribution is 2.34. The minimum atomic E-state index is -0.490. The lowest BCUT2D eigenvalue weighted by molar-refractivity contribution is 0.0997. The maximum absolute atomic E-state index is 11.5. The molecular formula is C15H12N4OS. The quantitative estimate of drug-likeness (QED) is 0.572. The molecule has 1 heterocycles. The molecule has 0 aliphatic rings. The van der Waals surface area contributed by atoms with Crippen LogP contribution >= 0.6 is 11.8 Å². The van der Waals surface area contributed by atoms with Crippen LogP contribution < -0.4 is 11.5 Å². The fourth-order valence-corrected chi connectivity index (χ4v) is 3.06. The first kappa shape index (κ1) is 13.4. The SMILES string of the molecule is NC(=O)c1ccc(N)cc1Sc1ncnc2ccccc12. The van der Waals surface area contributed by atoms with Gasteiger partial charge in [0.25, 0.3) is 0 Å². The lowest BCUT2D eigenvalue weighted by Crippen LogP contribution is -2.12. The number of rotatable bonds is 3. The Kier molecular flexibility index (Phi) is 3.45. The van der Waals surface area contributed by atoms with E-state index in [4.69, 9.17) is 11.5 Å². The van der Waals surface area contributed by atoms with E-state index in [0.29, 0.717) is 16.1 Å². The number of benzene rings is 2. The second-order valence-corrected chi connectivity index (χ2v) is 5.45. The predicted octanol–water partition coefficient (Wildman–Crippen LogP) is 2.46. The number of hydrogen-bond acceptors (Lipinski definition) is 5. The van der Waals surface area contributed by atoms with E-state index >= 15 is 0 Å². The number of amides is 1. The molecule has 0 aliphatic heterocycles. The van der Waals surface area contributed by atoms with E-state index in [9.17, 15) is 4.79 Å². The van der Waals surface area contributed by atoms with E-state index in [1.54, 1.807) is 18.2 Å². The van der Waals surface area contributed by atoms with E-state index in [1.807, 2.05) is 24.3 Å². The van der Waals surface area contributed by atoms with Crippen LogP contribution in [0.25, 0.3) is 10.9 Å². The third-order valence-electron chi connectivity index (χ3n) is 2.98. The van der Waals surface area contributed by atoms with Crippen LogP contribution in [0.2, 0.25) is 0 Å². The first-order chi connectivity index (χ1) is 10.1. The van der Waals surface area contributed by atoms with Gasteiger partial charge in [0.2, 0.25) is 5.91 Å². The molecule has 104 valence electrons. The number of fused-ring (bicyclic) bond motifs is 1. The van der Waals surface area contributed by atoms with Crippen LogP contribution in [0.3, 0.4) is 0 Å². The molecule has 2 aromatic carbocycles. The molecule has 0 atom stereocenters. The molecule has 0 unspecified atom stereocenters. The van der Waals surface area contributed by atoms with Crippen LogP contribution in [0.1, 0.15) is 10.4 Å². The minimum absolute atomic E-state index is 0.428. The van der Waals surface area contributed by atoms with Gasteiger partial charge < -0.3 is 11.5 Å². The average molecular weight is 296 g/mol. The van der Waals surface area contributed by atoms with Crippen molar-refractivity contribution >= 4 is 34.3 Å². The van der Waals surface area contributed by atoms with Gasteiger partial charge in [-0.1, -0.05) is 30.0 Å². The monoisotopic (exact) mass is 296 g/mol. The zero-order valence-corrected chi connectivity index (χ0v) is 11.8. The third kappa shape index (κ3) is 2.66. The lowest BCUT2D eigenvalue weighted by Gasteiger charge is -2.08. The molecule has 6 heteroatoms. The van der Waals surface area contributed by atoms with Crippen molar-refractivity contribution in [2.24, 2.45) is 5.73 Å². The molecule has 1 aromatic heterocycles. The molecule has 0 fully saturated rings. The van der Waals surface area contributed by atoms with Crippen LogP contribution in [0.15, 0.2) is 58.7 Å². The summed E-state index contributed by atoms with van der Waals surface area (Å²) in [6.07, 6.45) is 1.50. The van der Waals surface area contributed by atoms with Gasteiger partial charge in [0, 0.05) is 16.0 Å². The van der Waals surface area contributed by atoms with Crippen molar-refractivity contribution in [3.63, 3.8) is 0 Å². The summed E-state index contributed by atoms with van der Waals surface area (Å²) in [4.78, 5) is 20.7. The molecule has 0 bridgehead atoms. The van der Waals surface area contributed by atoms with Crippen molar-refractivity contribution in [1.29, 1.82) is 0 Å². The highest BCUT2D eigenvalue weighted by Gasteiger charge is 2.12. The van der Waals surface area contributed by atoms with Gasteiger partial charge in [-0.15, -0.1) is 0 Å². The molecule has 5 nitrogen and oxygen atoms in total. The van der Waals surface area contributed by atoms with E-state index in [0.717, 1.165) is 15.9 Å². The highest BCUT2D eigenvalue weighted by atomic mass is 32.2. The molecule has 0 saturated heterocycles. The molecule has 3 rings (SSSR count). The number of aromatic nitrogens is 2. The molecule has 21 heavy (non-hydrogen) atoms. The standard InChI is InChI=1S/C15H12N4OS/c16-9-5-6-11(14(17)20)13(7-9)21-15-10-3-1-2-4-12(10)18-8-19-15/h1-8H,16H2,(H2,17,20). The van der Waals surface area contributed by atoms with Gasteiger partial charge in [-0.25, -0.2) is 9.97 Å². The van der Waals surface area contributed by atoms with Gasteiger partial charge in [0.15, 0.2) is 0 Å². The molecule has 0 spiro atoms. The van der Waals surface area contributed by atoms with Crippen molar-refractivity contribution in [3.8, 4) is 0 Å². The van der Waals surface area contributed by atoms with Crippen LogP contribution in [-0.4, -0.2) is 15.9 Å². The van der Waals surface area contributed by atoms with Gasteiger partial charge in [0.1, 0.15) is 11.4 Å². The Labute approximate surface area is 125 Å². The van der Waals surface area contributed by atoms with Gasteiger partial charge >= 0.3 is 0 Å². The Hall–Kier alpha value is -2.60. The largest absolute Gasteiger partial charge is 0.399 e. The fourth-order valence-electron chi connectivity index (χ4n) is 1.99. The number of nitrogens with zero attached hydrogens (tertiary/aromatic N) is 2. The van der Waals surface area contributed by atoms with Gasteiger partial charge in [-0.05, 0) is 24.3 Å². The van der Waals surface area contributed by atoms with Crippen molar-refractivity contribution in [2.75, 3.05) is 5.73 Å². The zero-order chi connectivity index (χ0) is 14.8. The molecule has 4 N–H and O–H groups in total. The summed E-state index contributed by atoms with van der Waals surface area (Å²) < 4.78 is 0. The smallest absolute Gasteiger partial charge is 0.249 e. The Morgan fingerprint density at radius 1 is 1.10 bits per heavy atom. The van der Waals surface area contributed by atoms with Crippen molar-refractivity contribution in [3.05, 3.63) is 54.4 Å². The average Bonchev–Trinajstić information content (AvgIpc) is 2.47. The molecule has 1 amide bonds. The van der Waals surface area contributed by atoms with Crippen LogP contribution in [0.4, 0.5) is 5.69 Å². The maximum atomic E-state index is 11.5. The number of para-hydroxylation sites is 1. The van der Waals surface area contributed by atoms with Crippen LogP contribution in [-0.2, 0) is 0 Å². The minimum Gasteiger partial charge on any atom is -0.399 e. The number of nitrogen functional groups attached to an aromatic ring is 1. The summed E-state index contributed by atoms with van der Waals surface area (Å²) in [7, 11) is 0. The number of anilines is 1. The van der Waals surface area contributed by atoms with Crippen molar-refractivity contribution in [1.82, 2.24) is 9.97 Å². The fraction of sp³-hybridized carbons (Fsp3) is 0. The number of primary amides is 1. The van der Waals surface area contributed by atoms with Gasteiger partial charge in [0.05, 0.1) is 11.1 Å². The van der Waals surface area contributed by atoms with Crippen LogP contribution in [0.5, 0.6) is 0 Å². The van der Waals surface area contributed by atoms with Gasteiger partial charge in [-0.3, -0.25) is 4.79 Å². The molecule has 3 aromatic rings. The van der Waals surface area contributed by atoms with Crippen molar-refractivity contribution in [2.45, 2.75) is 9.92 Å². The van der Waals surface area contributed by atoms with E-state index in [-0.39, 0.29) is 0 Å². The second-order valence-electron chi connectivity index (χ2n) is 4.42. The summed E-state index contributed by atoms with van der Waals surface area (Å²) in [6, 6.07) is 12.7. The summed E-state index contributed by atoms with van der Waals surface area (Å²) in [5, 5.41) is 1.68. The number of nitrogens with two attached hydrogens (primary N) is 2. The Morgan fingerprint density at radius 2 is 1.90 bits per heavy atom. The molecular weight excluding hydrogens is 284 g/mol. The lowest BCUT2D eigenvalue weighted by atomic mass is 10.2. The molecule has 0 aliphatic carbocycles. The van der Waals surface area contributed by atoms with Crippen molar-refractivity contribution < 1.29 is 4.79 Å². The Bertz CT molecular complexity index is 830. The van der Waals surface area contributed by atoms with E-state index < -0.39 is 5.91 Å². The normalized spacial score (nSPS) is 10.7. The van der Waals surface area contributed by atoms with E-state index in [2.05, 4.69) is 9.97 Å². The summed E-state index contributed by atoms with van der Waals surface area (Å²) in [5.41, 5.74) is 13.0. The first-order valence-electron chi connectivity index (χ1n) is 6.22. The third-order valence-corrected chi connectivity index (χ3v) is 4.06. The Balaban J connectivity index is 2.11. The Morgan fingerprint density at radius 3 is 2.71 bits per heavy atom. The number of hydrogen-bond donors (Lipinski definition) is 2. The second kappa shape index (κ2) is 5.41. The number of carbonyl (C=O) groups excluding carboxylic acids is 1. The topological polar surface area (TPSA) is 94.9 Å². The highest BCUT2D eigenvalue weighted by molar-refractivity contribution is 7.99. The summed E-state index contributed by atoms with van der Waals surface area (Å²) in [6.45, 7) is 0. The summed E-state index contributed by atoms with van der Waals surface area (Å²) >= 11 is 1.35.